The van der Waals surface area contributed by atoms with Gasteiger partial charge in [0.25, 0.3) is 5.65 Å². The van der Waals surface area contributed by atoms with Crippen molar-refractivity contribution in [2.24, 2.45) is 0 Å². The Balaban J connectivity index is 1.86. The predicted octanol–water partition coefficient (Wildman–Crippen LogP) is 8.03. The van der Waals surface area contributed by atoms with Gasteiger partial charge in [-0.15, -0.1) is 0 Å². The summed E-state index contributed by atoms with van der Waals surface area (Å²) in [6, 6.07) is 18.7. The molecule has 5 aromatic rings. The molecule has 0 fully saturated rings. The van der Waals surface area contributed by atoms with E-state index in [1.165, 1.54) is 72.1 Å². The molecule has 7 rings (SSSR count). The molecule has 182 valence electrons. The summed E-state index contributed by atoms with van der Waals surface area (Å²) < 4.78 is 5.45. The average molecular weight is 474 g/mol. The summed E-state index contributed by atoms with van der Waals surface area (Å²) in [5, 5.41) is 4.34. The van der Waals surface area contributed by atoms with Gasteiger partial charge in [-0.3, -0.25) is 0 Å². The molecule has 0 N–H and O–H groups in total. The first-order valence-corrected chi connectivity index (χ1v) is 13.8. The molecule has 2 nitrogen and oxygen atoms in total. The smallest absolute Gasteiger partial charge is 0.221 e. The quantitative estimate of drug-likeness (QED) is 0.185. The minimum atomic E-state index is 0.0162. The topological polar surface area (TPSA) is 9.03 Å². The van der Waals surface area contributed by atoms with E-state index >= 15 is 0 Å². The number of rotatable bonds is 3. The molecule has 0 amide bonds. The summed E-state index contributed by atoms with van der Waals surface area (Å²) in [4.78, 5) is 0. The number of aryl methyl sites for hydroxylation is 4. The van der Waals surface area contributed by atoms with Gasteiger partial charge >= 0.3 is 0 Å². The van der Waals surface area contributed by atoms with Crippen LogP contribution in [0.5, 0.6) is 0 Å². The third kappa shape index (κ3) is 2.28. The Kier molecular flexibility index (Phi) is 4.30. The van der Waals surface area contributed by atoms with Crippen LogP contribution in [0.15, 0.2) is 48.5 Å². The number of aromatic nitrogens is 2. The highest BCUT2D eigenvalue weighted by atomic mass is 15.2. The second-order valence-electron chi connectivity index (χ2n) is 11.8. The SMILES string of the molecule is CCC1(C)c2ccc(-c3c(C)cccc3C)c3c4cccc5c4[n+]4c(c(C)n(c4c23)C1(C)CC)CC5. The minimum absolute atomic E-state index is 0.0162. The molecule has 0 saturated carbocycles. The van der Waals surface area contributed by atoms with Gasteiger partial charge < -0.3 is 0 Å². The number of fused-ring (bicyclic) bond motifs is 1. The first kappa shape index (κ1) is 22.1. The van der Waals surface area contributed by atoms with Gasteiger partial charge in [-0.25, -0.2) is 4.57 Å². The van der Waals surface area contributed by atoms with Crippen LogP contribution in [-0.4, -0.2) is 4.57 Å². The van der Waals surface area contributed by atoms with Crippen molar-refractivity contribution < 1.29 is 4.40 Å². The highest BCUT2D eigenvalue weighted by Crippen LogP contribution is 2.55. The number of nitrogens with zero attached hydrogens (tertiary/aromatic N) is 2. The lowest BCUT2D eigenvalue weighted by Crippen LogP contribution is -2.52. The van der Waals surface area contributed by atoms with E-state index < -0.39 is 0 Å². The van der Waals surface area contributed by atoms with E-state index in [1.807, 2.05) is 0 Å². The zero-order valence-electron chi connectivity index (χ0n) is 22.8. The third-order valence-electron chi connectivity index (χ3n) is 10.5. The maximum absolute atomic E-state index is 2.77. The van der Waals surface area contributed by atoms with Gasteiger partial charge in [0.2, 0.25) is 0 Å². The van der Waals surface area contributed by atoms with E-state index in [9.17, 15) is 0 Å². The molecule has 0 bridgehead atoms. The van der Waals surface area contributed by atoms with E-state index in [2.05, 4.69) is 106 Å². The fourth-order valence-electron chi connectivity index (χ4n) is 8.23. The molecule has 3 aromatic carbocycles. The number of para-hydroxylation sites is 1. The first-order valence-electron chi connectivity index (χ1n) is 13.8. The largest absolute Gasteiger partial charge is 0.295 e. The van der Waals surface area contributed by atoms with E-state index in [0.717, 1.165) is 25.7 Å². The van der Waals surface area contributed by atoms with Crippen LogP contribution in [-0.2, 0) is 23.8 Å². The summed E-state index contributed by atoms with van der Waals surface area (Å²) in [6.07, 6.45) is 4.47. The van der Waals surface area contributed by atoms with Crippen LogP contribution < -0.4 is 4.40 Å². The molecule has 0 aliphatic carbocycles. The molecule has 0 radical (unpaired) electrons. The molecule has 36 heavy (non-hydrogen) atoms. The van der Waals surface area contributed by atoms with Crippen molar-refractivity contribution in [1.29, 1.82) is 0 Å². The van der Waals surface area contributed by atoms with Gasteiger partial charge in [-0.05, 0) is 67.9 Å². The van der Waals surface area contributed by atoms with Gasteiger partial charge in [0.15, 0.2) is 5.69 Å². The lowest BCUT2D eigenvalue weighted by atomic mass is 9.61. The summed E-state index contributed by atoms with van der Waals surface area (Å²) >= 11 is 0. The standard InChI is InChI=1S/C34H37N2/c1-8-33(6)26-18-17-24(28-20(3)12-10-13-21(28)4)29-25-15-11-14-23-16-19-27-22(5)36(34(33,7)9-2)32(30(26)29)35(27)31(23)25/h10-15,17-18H,8-9,16,19H2,1-7H3/q+1. The Morgan fingerprint density at radius 2 is 1.56 bits per heavy atom. The molecule has 2 aromatic heterocycles. The molecule has 0 spiro atoms. The highest BCUT2D eigenvalue weighted by molar-refractivity contribution is 6.18. The second-order valence-corrected chi connectivity index (χ2v) is 11.8. The fraction of sp³-hybridized carbons (Fsp3) is 0.382. The van der Waals surface area contributed by atoms with Crippen molar-refractivity contribution in [1.82, 2.24) is 4.57 Å². The molecule has 2 heteroatoms. The second kappa shape index (κ2) is 7.00. The molecule has 2 atom stereocenters. The van der Waals surface area contributed by atoms with E-state index in [-0.39, 0.29) is 11.0 Å². The van der Waals surface area contributed by atoms with Gasteiger partial charge in [0.05, 0.1) is 5.39 Å². The zero-order chi connectivity index (χ0) is 25.1. The molecule has 4 heterocycles. The summed E-state index contributed by atoms with van der Waals surface area (Å²) in [6.45, 7) is 16.8. The first-order chi connectivity index (χ1) is 17.3. The maximum atomic E-state index is 2.77. The highest BCUT2D eigenvalue weighted by Gasteiger charge is 2.55. The number of hydrogen-bond donors (Lipinski definition) is 0. The summed E-state index contributed by atoms with van der Waals surface area (Å²) in [5.74, 6) is 0. The van der Waals surface area contributed by atoms with Crippen molar-refractivity contribution >= 4 is 27.3 Å². The monoisotopic (exact) mass is 473 g/mol. The van der Waals surface area contributed by atoms with Gasteiger partial charge in [-0.2, -0.15) is 4.40 Å². The fourth-order valence-corrected chi connectivity index (χ4v) is 8.23. The molecule has 2 aliphatic heterocycles. The molecule has 2 aliphatic rings. The van der Waals surface area contributed by atoms with Crippen LogP contribution in [0, 0.1) is 20.8 Å². The maximum Gasteiger partial charge on any atom is 0.295 e. The van der Waals surface area contributed by atoms with Crippen LogP contribution in [0.1, 0.15) is 74.2 Å². The van der Waals surface area contributed by atoms with E-state index in [1.54, 1.807) is 0 Å². The predicted molar refractivity (Wildman–Crippen MR) is 151 cm³/mol. The molecular weight excluding hydrogens is 436 g/mol. The zero-order valence-corrected chi connectivity index (χ0v) is 22.8. The summed E-state index contributed by atoms with van der Waals surface area (Å²) in [5.41, 5.74) is 14.4. The van der Waals surface area contributed by atoms with Crippen LogP contribution in [0.4, 0.5) is 0 Å². The molecule has 0 saturated heterocycles. The Bertz CT molecular complexity index is 1750. The van der Waals surface area contributed by atoms with Crippen LogP contribution in [0.3, 0.4) is 0 Å². The molecule has 2 unspecified atom stereocenters. The third-order valence-corrected chi connectivity index (χ3v) is 10.5. The van der Waals surface area contributed by atoms with Gasteiger partial charge in [0, 0.05) is 35.1 Å². The van der Waals surface area contributed by atoms with Crippen molar-refractivity contribution in [3.63, 3.8) is 0 Å². The minimum Gasteiger partial charge on any atom is -0.221 e. The normalized spacial score (nSPS) is 22.5. The van der Waals surface area contributed by atoms with Crippen molar-refractivity contribution in [2.75, 3.05) is 0 Å². The molecular formula is C34H37N2+. The lowest BCUT2D eigenvalue weighted by molar-refractivity contribution is -0.492. The van der Waals surface area contributed by atoms with E-state index in [4.69, 9.17) is 0 Å². The Labute approximate surface area is 214 Å². The van der Waals surface area contributed by atoms with Crippen LogP contribution in [0.25, 0.3) is 38.4 Å². The summed E-state index contributed by atoms with van der Waals surface area (Å²) in [7, 11) is 0. The van der Waals surface area contributed by atoms with Crippen molar-refractivity contribution in [3.05, 3.63) is 82.2 Å². The number of pyridine rings is 1. The Morgan fingerprint density at radius 3 is 2.25 bits per heavy atom. The van der Waals surface area contributed by atoms with E-state index in [0.29, 0.717) is 0 Å². The van der Waals surface area contributed by atoms with Gasteiger partial charge in [-0.1, -0.05) is 69.3 Å². The van der Waals surface area contributed by atoms with Gasteiger partial charge in [0.1, 0.15) is 16.7 Å². The van der Waals surface area contributed by atoms with Crippen molar-refractivity contribution in [2.45, 2.75) is 85.1 Å². The average Bonchev–Trinajstić information content (AvgIpc) is 3.19. The Morgan fingerprint density at radius 1 is 0.833 bits per heavy atom. The van der Waals surface area contributed by atoms with Crippen LogP contribution in [0.2, 0.25) is 0 Å². The van der Waals surface area contributed by atoms with Crippen molar-refractivity contribution in [3.8, 4) is 11.1 Å². The number of hydrogen-bond acceptors (Lipinski definition) is 0. The van der Waals surface area contributed by atoms with Crippen LogP contribution >= 0.6 is 0 Å². The lowest BCUT2D eigenvalue weighted by Gasteiger charge is -2.47. The number of benzene rings is 3. The Hall–Kier alpha value is -3.13. The number of imidazole rings is 1.